The van der Waals surface area contributed by atoms with E-state index in [0.29, 0.717) is 47.5 Å². The zero-order valence-electron chi connectivity index (χ0n) is 14.6. The Morgan fingerprint density at radius 2 is 1.88 bits per heavy atom. The van der Waals surface area contributed by atoms with E-state index < -0.39 is 5.82 Å². The molecule has 1 radical (unpaired) electrons. The monoisotopic (exact) mass is 452 g/mol. The molecule has 4 N–H and O–H groups in total. The molecule has 0 heterocycles. The molecule has 0 aliphatic heterocycles. The SMILES string of the molecule is CN=C(N)/C([N-]c1ccc(F)c(Cl)c1)=C(\N)C1CC2CC(=O)CC2C1.[Y]. The van der Waals surface area contributed by atoms with Crippen LogP contribution in [0.5, 0.6) is 0 Å². The molecule has 2 unspecified atom stereocenters. The molecule has 0 aromatic heterocycles. The number of nitrogens with two attached hydrogens (primary N) is 2. The molecule has 3 rings (SSSR count). The van der Waals surface area contributed by atoms with E-state index in [1.54, 1.807) is 7.05 Å². The minimum atomic E-state index is -0.510. The minimum Gasteiger partial charge on any atom is -0.653 e. The Morgan fingerprint density at radius 3 is 2.42 bits per heavy atom. The Labute approximate surface area is 182 Å². The predicted molar refractivity (Wildman–Crippen MR) is 97.1 cm³/mol. The van der Waals surface area contributed by atoms with E-state index in [1.807, 2.05) is 0 Å². The van der Waals surface area contributed by atoms with E-state index in [2.05, 4.69) is 10.3 Å². The van der Waals surface area contributed by atoms with Gasteiger partial charge >= 0.3 is 0 Å². The van der Waals surface area contributed by atoms with Crippen molar-refractivity contribution in [2.24, 2.45) is 34.2 Å². The molecule has 1 aromatic rings. The fourth-order valence-electron chi connectivity index (χ4n) is 3.89. The maximum atomic E-state index is 13.3. The fraction of sp³-hybridized carbons (Fsp3) is 0.444. The number of carbonyl (C=O) groups excluding carboxylic acids is 1. The standard InChI is InChI=1S/C18H21ClFN4O.Y/c1-23-18(22)17(24-12-2-3-15(20)14(19)8-12)16(21)11-4-9-6-13(25)7-10(9)5-11;/h2-3,8-11H,4-7H2,1H3,(H4,21,22,23);/q-1;. The van der Waals surface area contributed by atoms with Crippen molar-refractivity contribution in [3.63, 3.8) is 0 Å². The largest absolute Gasteiger partial charge is 0.653 e. The topological polar surface area (TPSA) is 95.6 Å². The van der Waals surface area contributed by atoms with Crippen molar-refractivity contribution in [3.8, 4) is 0 Å². The third-order valence-corrected chi connectivity index (χ3v) is 5.45. The summed E-state index contributed by atoms with van der Waals surface area (Å²) >= 11 is 5.82. The summed E-state index contributed by atoms with van der Waals surface area (Å²) in [7, 11) is 1.57. The van der Waals surface area contributed by atoms with E-state index in [9.17, 15) is 9.18 Å². The van der Waals surface area contributed by atoms with Crippen LogP contribution in [0, 0.1) is 23.6 Å². The molecule has 26 heavy (non-hydrogen) atoms. The van der Waals surface area contributed by atoms with E-state index >= 15 is 0 Å². The van der Waals surface area contributed by atoms with E-state index in [-0.39, 0.29) is 49.5 Å². The van der Waals surface area contributed by atoms with Gasteiger partial charge in [0.1, 0.15) is 17.4 Å². The smallest absolute Gasteiger partial charge is 0.141 e. The number of ketones is 1. The van der Waals surface area contributed by atoms with Crippen LogP contribution in [0.15, 0.2) is 34.6 Å². The molecule has 137 valence electrons. The van der Waals surface area contributed by atoms with Gasteiger partial charge in [0.2, 0.25) is 0 Å². The van der Waals surface area contributed by atoms with Gasteiger partial charge in [-0.1, -0.05) is 29.4 Å². The number of amidine groups is 1. The molecule has 2 aliphatic carbocycles. The van der Waals surface area contributed by atoms with E-state index in [4.69, 9.17) is 23.1 Å². The zero-order valence-corrected chi connectivity index (χ0v) is 18.2. The Balaban J connectivity index is 0.00000243. The number of fused-ring (bicyclic) bond motifs is 1. The molecule has 8 heteroatoms. The van der Waals surface area contributed by atoms with Gasteiger partial charge in [-0.2, -0.15) is 0 Å². The van der Waals surface area contributed by atoms with Gasteiger partial charge in [0.05, 0.1) is 5.02 Å². The molecule has 2 atom stereocenters. The number of benzene rings is 1. The summed E-state index contributed by atoms with van der Waals surface area (Å²) in [6.45, 7) is 0. The predicted octanol–water partition coefficient (Wildman–Crippen LogP) is 3.64. The van der Waals surface area contributed by atoms with Crippen LogP contribution < -0.4 is 11.5 Å². The number of aliphatic imine (C=N–C) groups is 1. The van der Waals surface area contributed by atoms with Crippen molar-refractivity contribution in [2.45, 2.75) is 25.7 Å². The second-order valence-corrected chi connectivity index (χ2v) is 7.17. The average molecular weight is 453 g/mol. The van der Waals surface area contributed by atoms with Crippen molar-refractivity contribution in [1.29, 1.82) is 0 Å². The molecule has 0 amide bonds. The van der Waals surface area contributed by atoms with Gasteiger partial charge in [-0.25, -0.2) is 4.39 Å². The summed E-state index contributed by atoms with van der Waals surface area (Å²) in [4.78, 5) is 15.6. The first-order chi connectivity index (χ1) is 11.9. The third-order valence-electron chi connectivity index (χ3n) is 5.16. The number of hydrogen-bond acceptors (Lipinski definition) is 3. The first-order valence-corrected chi connectivity index (χ1v) is 8.67. The van der Waals surface area contributed by atoms with Crippen LogP contribution in [0.2, 0.25) is 5.02 Å². The molecule has 1 aromatic carbocycles. The zero-order chi connectivity index (χ0) is 18.1. The van der Waals surface area contributed by atoms with Crippen LogP contribution in [-0.2, 0) is 37.5 Å². The molecule has 2 saturated carbocycles. The Hall–Kier alpha value is -0.976. The normalized spacial score (nSPS) is 26.2. The van der Waals surface area contributed by atoms with Crippen LogP contribution in [0.1, 0.15) is 25.7 Å². The van der Waals surface area contributed by atoms with Crippen molar-refractivity contribution >= 4 is 28.9 Å². The van der Waals surface area contributed by atoms with Crippen LogP contribution in [0.3, 0.4) is 0 Å². The number of nitrogens with zero attached hydrogens (tertiary/aromatic N) is 2. The second kappa shape index (κ2) is 8.81. The molecule has 0 saturated heterocycles. The van der Waals surface area contributed by atoms with Crippen LogP contribution in [0.4, 0.5) is 10.1 Å². The quantitative estimate of drug-likeness (QED) is 0.539. The number of hydrogen-bond donors (Lipinski definition) is 2. The van der Waals surface area contributed by atoms with Crippen molar-refractivity contribution < 1.29 is 41.9 Å². The van der Waals surface area contributed by atoms with Gasteiger partial charge in [-0.3, -0.25) is 9.79 Å². The van der Waals surface area contributed by atoms with Crippen LogP contribution in [-0.4, -0.2) is 18.7 Å². The minimum absolute atomic E-state index is 0. The molecule has 2 fully saturated rings. The van der Waals surface area contributed by atoms with Gasteiger partial charge in [0.25, 0.3) is 0 Å². The van der Waals surface area contributed by atoms with Crippen molar-refractivity contribution in [2.75, 3.05) is 7.05 Å². The van der Waals surface area contributed by atoms with Gasteiger partial charge in [0.15, 0.2) is 0 Å². The molecule has 0 bridgehead atoms. The van der Waals surface area contributed by atoms with Crippen molar-refractivity contribution in [1.82, 2.24) is 0 Å². The Morgan fingerprint density at radius 1 is 1.27 bits per heavy atom. The first kappa shape index (κ1) is 21.3. The first-order valence-electron chi connectivity index (χ1n) is 8.29. The summed E-state index contributed by atoms with van der Waals surface area (Å²) in [5.74, 6) is 0.986. The summed E-state index contributed by atoms with van der Waals surface area (Å²) in [6, 6.07) is 4.19. The van der Waals surface area contributed by atoms with E-state index in [1.165, 1.54) is 18.2 Å². The summed E-state index contributed by atoms with van der Waals surface area (Å²) in [5.41, 5.74) is 13.8. The molecule has 2 aliphatic rings. The third kappa shape index (κ3) is 4.46. The number of Topliss-reactive ketones (excluding diaryl/α,β-unsaturated/α-hetero) is 1. The van der Waals surface area contributed by atoms with Gasteiger partial charge in [-0.05, 0) is 42.4 Å². The summed E-state index contributed by atoms with van der Waals surface area (Å²) in [6.07, 6.45) is 3.02. The Kier molecular flexibility index (Phi) is 7.22. The number of halogens is 2. The molecule has 0 spiro atoms. The maximum absolute atomic E-state index is 13.3. The number of allylic oxidation sites excluding steroid dienone is 1. The summed E-state index contributed by atoms with van der Waals surface area (Å²) in [5, 5.41) is 4.45. The molecule has 5 nitrogen and oxygen atoms in total. The molecular weight excluding hydrogens is 432 g/mol. The fourth-order valence-corrected chi connectivity index (χ4v) is 4.06. The molecular formula is C18H21ClFN4OY-. The second-order valence-electron chi connectivity index (χ2n) is 6.76. The van der Waals surface area contributed by atoms with Crippen LogP contribution in [0.25, 0.3) is 5.32 Å². The maximum Gasteiger partial charge on any atom is 0.141 e. The summed E-state index contributed by atoms with van der Waals surface area (Å²) < 4.78 is 13.3. The van der Waals surface area contributed by atoms with Crippen molar-refractivity contribution in [3.05, 3.63) is 45.7 Å². The van der Waals surface area contributed by atoms with Gasteiger partial charge in [0, 0.05) is 52.6 Å². The Bertz CT molecular complexity index is 752. The number of rotatable bonds is 4. The van der Waals surface area contributed by atoms with Crippen LogP contribution >= 0.6 is 11.6 Å². The van der Waals surface area contributed by atoms with Gasteiger partial charge in [-0.15, -0.1) is 5.69 Å². The van der Waals surface area contributed by atoms with E-state index in [0.717, 1.165) is 12.8 Å². The van der Waals surface area contributed by atoms with Gasteiger partial charge < -0.3 is 16.8 Å². The number of carbonyl (C=O) groups is 1. The average Bonchev–Trinajstić information content (AvgIpc) is 3.11.